The number of amides is 1. The summed E-state index contributed by atoms with van der Waals surface area (Å²) in [6.07, 6.45) is 3.72. The molecule has 2 heterocycles. The van der Waals surface area contributed by atoms with Crippen LogP contribution in [-0.2, 0) is 11.2 Å². The number of benzene rings is 2. The van der Waals surface area contributed by atoms with Crippen LogP contribution in [-0.4, -0.2) is 35.0 Å². The summed E-state index contributed by atoms with van der Waals surface area (Å²) in [5, 5.41) is 2.92. The van der Waals surface area contributed by atoms with E-state index in [1.165, 1.54) is 5.39 Å². The summed E-state index contributed by atoms with van der Waals surface area (Å²) in [5.74, 6) is 0.759. The van der Waals surface area contributed by atoms with Crippen molar-refractivity contribution in [2.45, 2.75) is 25.4 Å². The topological polar surface area (TPSA) is 42.4 Å². The molecule has 0 atom stereocenters. The van der Waals surface area contributed by atoms with Crippen LogP contribution in [0.4, 0.5) is 0 Å². The Bertz CT molecular complexity index is 929. The van der Waals surface area contributed by atoms with Crippen LogP contribution >= 0.6 is 11.6 Å². The average molecular weight is 381 g/mol. The van der Waals surface area contributed by atoms with Gasteiger partial charge in [0.2, 0.25) is 11.8 Å². The summed E-state index contributed by atoms with van der Waals surface area (Å²) in [6, 6.07) is 17.9. The Morgan fingerprint density at radius 3 is 2.63 bits per heavy atom. The van der Waals surface area contributed by atoms with Gasteiger partial charge in [-0.2, -0.15) is 0 Å². The fourth-order valence-electron chi connectivity index (χ4n) is 3.55. The quantitative estimate of drug-likeness (QED) is 0.669. The van der Waals surface area contributed by atoms with E-state index in [0.717, 1.165) is 23.8 Å². The second kappa shape index (κ2) is 7.97. The minimum atomic E-state index is 0.0836. The van der Waals surface area contributed by atoms with Gasteiger partial charge in [0, 0.05) is 38.2 Å². The molecule has 2 aromatic carbocycles. The third-order valence-electron chi connectivity index (χ3n) is 5.00. The first-order valence-electron chi connectivity index (χ1n) is 9.22. The van der Waals surface area contributed by atoms with Gasteiger partial charge in [-0.05, 0) is 22.4 Å². The normalized spacial score (nSPS) is 15.1. The lowest BCUT2D eigenvalue weighted by atomic mass is 10.0. The van der Waals surface area contributed by atoms with Crippen molar-refractivity contribution in [1.82, 2.24) is 9.88 Å². The maximum absolute atomic E-state index is 12.8. The number of pyridine rings is 1. The molecule has 1 aliphatic rings. The van der Waals surface area contributed by atoms with Gasteiger partial charge in [-0.25, -0.2) is 4.98 Å². The summed E-state index contributed by atoms with van der Waals surface area (Å²) < 4.78 is 5.91. The molecule has 0 spiro atoms. The van der Waals surface area contributed by atoms with Crippen molar-refractivity contribution in [1.29, 1.82) is 0 Å². The molecule has 1 saturated heterocycles. The molecule has 1 aromatic heterocycles. The Balaban J connectivity index is 1.35. The molecule has 27 heavy (non-hydrogen) atoms. The lowest BCUT2D eigenvalue weighted by molar-refractivity contribution is -0.132. The van der Waals surface area contributed by atoms with E-state index >= 15 is 0 Å². The monoisotopic (exact) mass is 380 g/mol. The number of aromatic nitrogens is 1. The van der Waals surface area contributed by atoms with E-state index in [2.05, 4.69) is 23.2 Å². The third-order valence-corrected chi connectivity index (χ3v) is 5.23. The van der Waals surface area contributed by atoms with Crippen molar-refractivity contribution in [3.63, 3.8) is 0 Å². The van der Waals surface area contributed by atoms with E-state index in [9.17, 15) is 4.79 Å². The first-order chi connectivity index (χ1) is 13.2. The van der Waals surface area contributed by atoms with Crippen LogP contribution in [0.5, 0.6) is 5.88 Å². The number of nitrogens with zero attached hydrogens (tertiary/aromatic N) is 2. The molecule has 0 radical (unpaired) electrons. The van der Waals surface area contributed by atoms with Gasteiger partial charge in [0.05, 0.1) is 11.4 Å². The van der Waals surface area contributed by atoms with E-state index in [1.807, 2.05) is 29.2 Å². The summed E-state index contributed by atoms with van der Waals surface area (Å²) >= 11 is 5.85. The number of carbonyl (C=O) groups is 1. The first kappa shape index (κ1) is 17.8. The number of carbonyl (C=O) groups excluding carboxylic acids is 1. The summed E-state index contributed by atoms with van der Waals surface area (Å²) in [5.41, 5.74) is 1.09. The summed E-state index contributed by atoms with van der Waals surface area (Å²) in [4.78, 5) is 18.9. The van der Waals surface area contributed by atoms with Crippen LogP contribution < -0.4 is 4.74 Å². The van der Waals surface area contributed by atoms with Crippen molar-refractivity contribution in [2.75, 3.05) is 13.1 Å². The molecule has 4 nitrogen and oxygen atoms in total. The number of likely N-dealkylation sites (tertiary alicyclic amines) is 1. The van der Waals surface area contributed by atoms with Crippen molar-refractivity contribution in [2.24, 2.45) is 0 Å². The zero-order valence-corrected chi connectivity index (χ0v) is 15.7. The molecule has 1 fully saturated rings. The number of fused-ring (bicyclic) bond motifs is 1. The highest BCUT2D eigenvalue weighted by Crippen LogP contribution is 2.22. The van der Waals surface area contributed by atoms with Crippen molar-refractivity contribution >= 4 is 28.3 Å². The Labute approximate surface area is 163 Å². The molecule has 138 valence electrons. The van der Waals surface area contributed by atoms with Crippen molar-refractivity contribution in [3.8, 4) is 5.88 Å². The molecule has 1 aliphatic heterocycles. The van der Waals surface area contributed by atoms with E-state index < -0.39 is 0 Å². The number of hydrogen-bond acceptors (Lipinski definition) is 3. The van der Waals surface area contributed by atoms with Crippen LogP contribution in [0.3, 0.4) is 0 Å². The molecule has 0 bridgehead atoms. The van der Waals surface area contributed by atoms with Gasteiger partial charge in [0.25, 0.3) is 0 Å². The van der Waals surface area contributed by atoms with Gasteiger partial charge in [-0.3, -0.25) is 4.79 Å². The minimum absolute atomic E-state index is 0.0836. The summed E-state index contributed by atoms with van der Waals surface area (Å²) in [7, 11) is 0. The molecule has 1 amide bonds. The lowest BCUT2D eigenvalue weighted by Crippen LogP contribution is -2.42. The highest BCUT2D eigenvalue weighted by atomic mass is 35.5. The maximum Gasteiger partial charge on any atom is 0.227 e. The average Bonchev–Trinajstić information content (AvgIpc) is 2.70. The Morgan fingerprint density at radius 2 is 1.85 bits per heavy atom. The Hall–Kier alpha value is -2.59. The fourth-order valence-corrected chi connectivity index (χ4v) is 3.66. The summed E-state index contributed by atoms with van der Waals surface area (Å²) in [6.45, 7) is 1.42. The van der Waals surface area contributed by atoms with Crippen molar-refractivity contribution in [3.05, 3.63) is 71.4 Å². The van der Waals surface area contributed by atoms with Gasteiger partial charge in [0.15, 0.2) is 0 Å². The maximum atomic E-state index is 12.8. The molecule has 3 aromatic rings. The smallest absolute Gasteiger partial charge is 0.227 e. The van der Waals surface area contributed by atoms with Crippen LogP contribution in [0.15, 0.2) is 60.8 Å². The van der Waals surface area contributed by atoms with E-state index in [0.29, 0.717) is 30.4 Å². The number of piperidine rings is 1. The number of rotatable bonds is 4. The zero-order valence-electron chi connectivity index (χ0n) is 15.0. The second-order valence-electron chi connectivity index (χ2n) is 6.83. The van der Waals surface area contributed by atoms with Crippen molar-refractivity contribution < 1.29 is 9.53 Å². The Morgan fingerprint density at radius 1 is 1.07 bits per heavy atom. The van der Waals surface area contributed by atoms with Crippen LogP contribution in [0.2, 0.25) is 5.02 Å². The third kappa shape index (κ3) is 4.22. The van der Waals surface area contributed by atoms with Crippen LogP contribution in [0, 0.1) is 0 Å². The molecule has 4 rings (SSSR count). The highest BCUT2D eigenvalue weighted by molar-refractivity contribution is 6.30. The SMILES string of the molecule is O=C(Cc1cccc2ccccc12)N1CCC(Oc2ccc(Cl)cn2)CC1. The lowest BCUT2D eigenvalue weighted by Gasteiger charge is -2.32. The predicted molar refractivity (Wildman–Crippen MR) is 107 cm³/mol. The van der Waals surface area contributed by atoms with Gasteiger partial charge in [-0.1, -0.05) is 54.1 Å². The number of halogens is 1. The van der Waals surface area contributed by atoms with Gasteiger partial charge >= 0.3 is 0 Å². The van der Waals surface area contributed by atoms with Gasteiger partial charge in [0.1, 0.15) is 6.10 Å². The fraction of sp³-hybridized carbons (Fsp3) is 0.273. The predicted octanol–water partition coefficient (Wildman–Crippen LogP) is 4.50. The number of ether oxygens (including phenoxy) is 1. The van der Waals surface area contributed by atoms with E-state index in [-0.39, 0.29) is 12.0 Å². The molecule has 5 heteroatoms. The molecule has 0 saturated carbocycles. The largest absolute Gasteiger partial charge is 0.474 e. The molecule has 0 aliphatic carbocycles. The van der Waals surface area contributed by atoms with Gasteiger partial charge in [-0.15, -0.1) is 0 Å². The van der Waals surface area contributed by atoms with Crippen LogP contribution in [0.25, 0.3) is 10.8 Å². The molecular weight excluding hydrogens is 360 g/mol. The molecule has 0 unspecified atom stereocenters. The minimum Gasteiger partial charge on any atom is -0.474 e. The zero-order chi connectivity index (χ0) is 18.6. The standard InChI is InChI=1S/C22H21ClN2O2/c23-18-8-9-21(24-15-18)27-19-10-12-25(13-11-19)22(26)14-17-6-3-5-16-4-1-2-7-20(16)17/h1-9,15,19H,10-14H2. The number of hydrogen-bond donors (Lipinski definition) is 0. The second-order valence-corrected chi connectivity index (χ2v) is 7.26. The van der Waals surface area contributed by atoms with Gasteiger partial charge < -0.3 is 9.64 Å². The first-order valence-corrected chi connectivity index (χ1v) is 9.59. The molecular formula is C22H21ClN2O2. The van der Waals surface area contributed by atoms with Crippen LogP contribution in [0.1, 0.15) is 18.4 Å². The van der Waals surface area contributed by atoms with E-state index in [1.54, 1.807) is 18.3 Å². The molecule has 0 N–H and O–H groups in total. The van der Waals surface area contributed by atoms with E-state index in [4.69, 9.17) is 16.3 Å². The highest BCUT2D eigenvalue weighted by Gasteiger charge is 2.24. The Kier molecular flexibility index (Phi) is 5.26.